The standard InChI is InChI=1S/Ba.Bi.La.O.2H. The SMILES string of the molecule is [BaH2].[La].[O]=[Bi]. The van der Waals surface area contributed by atoms with Crippen LogP contribution in [0.2, 0.25) is 0 Å². The van der Waals surface area contributed by atoms with Gasteiger partial charge in [-0.1, -0.05) is 0 Å². The van der Waals surface area contributed by atoms with E-state index in [4.69, 9.17) is 2.81 Å². The van der Waals surface area contributed by atoms with Crippen LogP contribution in [-0.2, 0) is 2.81 Å². The molecular weight excluding hydrogens is 501 g/mol. The summed E-state index contributed by atoms with van der Waals surface area (Å²) in [5, 5.41) is 0. The molecule has 0 aromatic carbocycles. The van der Waals surface area contributed by atoms with Crippen LogP contribution in [0.4, 0.5) is 0 Å². The Morgan fingerprint density at radius 1 is 1.25 bits per heavy atom. The molecule has 0 fully saturated rings. The predicted octanol–water partition coefficient (Wildman–Crippen LogP) is -1.42. The molecule has 0 N–H and O–H groups in total. The van der Waals surface area contributed by atoms with Crippen molar-refractivity contribution in [2.75, 3.05) is 0 Å². The van der Waals surface area contributed by atoms with E-state index in [0.29, 0.717) is 0 Å². The molecule has 0 aliphatic rings. The predicted molar refractivity (Wildman–Crippen MR) is 15.0 cm³/mol. The molecule has 0 heterocycles. The third kappa shape index (κ3) is 9.07. The summed E-state index contributed by atoms with van der Waals surface area (Å²) in [7, 11) is 0. The van der Waals surface area contributed by atoms with Crippen LogP contribution < -0.4 is 0 Å². The fourth-order valence-corrected chi connectivity index (χ4v) is 0. The number of hydrogen-bond donors (Lipinski definition) is 0. The molecule has 4 heavy (non-hydrogen) atoms. The summed E-state index contributed by atoms with van der Waals surface area (Å²) in [4.78, 5) is 0. The van der Waals surface area contributed by atoms with Gasteiger partial charge < -0.3 is 0 Å². The van der Waals surface area contributed by atoms with Gasteiger partial charge in [-0.3, -0.25) is 0 Å². The summed E-state index contributed by atoms with van der Waals surface area (Å²) >= 11 is 0.194. The van der Waals surface area contributed by atoms with Crippen LogP contribution in [-0.4, -0.2) is 73.6 Å². The van der Waals surface area contributed by atoms with Crippen LogP contribution in [0.3, 0.4) is 0 Å². The third-order valence-electron chi connectivity index (χ3n) is 0. The maximum absolute atomic E-state index is 8.36. The molecule has 0 unspecified atom stereocenters. The van der Waals surface area contributed by atoms with Gasteiger partial charge in [0.2, 0.25) is 0 Å². The Morgan fingerprint density at radius 3 is 1.25 bits per heavy atom. The molecule has 0 spiro atoms. The summed E-state index contributed by atoms with van der Waals surface area (Å²) in [6.07, 6.45) is 0. The van der Waals surface area contributed by atoms with E-state index in [9.17, 15) is 0 Å². The number of hydrogen-bond acceptors (Lipinski definition) is 1. The van der Waals surface area contributed by atoms with Gasteiger partial charge >= 0.3 is 76.4 Å². The van der Waals surface area contributed by atoms with Crippen LogP contribution in [0.1, 0.15) is 0 Å². The molecule has 0 rings (SSSR count). The molecule has 0 aliphatic carbocycles. The van der Waals surface area contributed by atoms with Gasteiger partial charge in [-0.2, -0.15) is 0 Å². The molecule has 0 bridgehead atoms. The van der Waals surface area contributed by atoms with E-state index in [2.05, 4.69) is 0 Å². The van der Waals surface area contributed by atoms with Crippen molar-refractivity contribution < 1.29 is 38.4 Å². The van der Waals surface area contributed by atoms with E-state index in [1.165, 1.54) is 0 Å². The Hall–Kier alpha value is 3.45. The van der Waals surface area contributed by atoms with E-state index >= 15 is 0 Å². The minimum atomic E-state index is 0. The fourth-order valence-electron chi connectivity index (χ4n) is 0. The summed E-state index contributed by atoms with van der Waals surface area (Å²) in [5.41, 5.74) is 0. The molecule has 4 heteroatoms. The Labute approximate surface area is 109 Å². The molecule has 0 aliphatic heterocycles. The number of rotatable bonds is 0. The minimum absolute atomic E-state index is 0. The van der Waals surface area contributed by atoms with E-state index < -0.39 is 0 Å². The van der Waals surface area contributed by atoms with Crippen LogP contribution in [0, 0.1) is 35.6 Å². The summed E-state index contributed by atoms with van der Waals surface area (Å²) < 4.78 is 8.36. The Kier molecular flexibility index (Phi) is 63.0. The molecule has 2 radical (unpaired) electrons. The first-order valence-electron chi connectivity index (χ1n) is 0.183. The van der Waals surface area contributed by atoms with Gasteiger partial charge in [0.1, 0.15) is 0 Å². The van der Waals surface area contributed by atoms with Crippen molar-refractivity contribution in [3.05, 3.63) is 0 Å². The van der Waals surface area contributed by atoms with E-state index in [0.717, 1.165) is 0 Å². The van der Waals surface area contributed by atoms with Crippen molar-refractivity contribution in [1.82, 2.24) is 0 Å². The molecule has 0 aromatic rings. The zero-order valence-electron chi connectivity index (χ0n) is 1.43. The van der Waals surface area contributed by atoms with Crippen LogP contribution in [0.25, 0.3) is 0 Å². The molecular formula is H2BaBiLaO. The second-order valence-corrected chi connectivity index (χ2v) is 0. The van der Waals surface area contributed by atoms with Gasteiger partial charge in [0, 0.05) is 35.6 Å². The zero-order chi connectivity index (χ0) is 2.00. The monoisotopic (exact) mass is 504 g/mol. The summed E-state index contributed by atoms with van der Waals surface area (Å²) in [6.45, 7) is 0. The first kappa shape index (κ1) is 15.7. The average molecular weight is 503 g/mol. The molecule has 0 atom stereocenters. The van der Waals surface area contributed by atoms with Crippen molar-refractivity contribution >= 4 is 73.6 Å². The van der Waals surface area contributed by atoms with Crippen molar-refractivity contribution in [3.63, 3.8) is 0 Å². The van der Waals surface area contributed by atoms with Gasteiger partial charge in [0.05, 0.1) is 0 Å². The molecule has 0 saturated heterocycles. The summed E-state index contributed by atoms with van der Waals surface area (Å²) in [6, 6.07) is 0. The Balaban J connectivity index is -0.00000000500. The zero-order valence-corrected chi connectivity index (χ0v) is 8.54. The van der Waals surface area contributed by atoms with Crippen molar-refractivity contribution in [2.24, 2.45) is 0 Å². The van der Waals surface area contributed by atoms with E-state index in [1.54, 1.807) is 0 Å². The normalized spacial score (nSPS) is 1.00. The van der Waals surface area contributed by atoms with E-state index in [-0.39, 0.29) is 109 Å². The first-order valence-corrected chi connectivity index (χ1v) is 1.60. The molecule has 18 valence electrons. The molecule has 0 aromatic heterocycles. The maximum atomic E-state index is 8.36. The van der Waals surface area contributed by atoms with Gasteiger partial charge in [-0.05, 0) is 0 Å². The molecule has 1 nitrogen and oxygen atoms in total. The third-order valence-corrected chi connectivity index (χ3v) is 0. The average Bonchev–Trinajstić information content (AvgIpc) is 1.00. The van der Waals surface area contributed by atoms with E-state index in [1.807, 2.05) is 0 Å². The fraction of sp³-hybridized carbons (Fsp3) is 0. The van der Waals surface area contributed by atoms with Crippen LogP contribution >= 0.6 is 0 Å². The van der Waals surface area contributed by atoms with Gasteiger partial charge in [-0.15, -0.1) is 0 Å². The first-order chi connectivity index (χ1) is 1.00. The second kappa shape index (κ2) is 16.1. The van der Waals surface area contributed by atoms with Crippen molar-refractivity contribution in [3.8, 4) is 0 Å². The van der Waals surface area contributed by atoms with Gasteiger partial charge in [0.15, 0.2) is 0 Å². The second-order valence-electron chi connectivity index (χ2n) is 0. The van der Waals surface area contributed by atoms with Crippen molar-refractivity contribution in [2.45, 2.75) is 0 Å². The van der Waals surface area contributed by atoms with Crippen LogP contribution in [0.15, 0.2) is 0 Å². The Morgan fingerprint density at radius 2 is 1.25 bits per heavy atom. The quantitative estimate of drug-likeness (QED) is 0.372. The Bertz CT molecular complexity index is 8.00. The molecule has 0 saturated carbocycles. The molecule has 0 amide bonds. The topological polar surface area (TPSA) is 17.1 Å². The van der Waals surface area contributed by atoms with Crippen molar-refractivity contribution in [1.29, 1.82) is 0 Å². The van der Waals surface area contributed by atoms with Gasteiger partial charge in [-0.25, -0.2) is 0 Å². The summed E-state index contributed by atoms with van der Waals surface area (Å²) in [5.74, 6) is 0. The van der Waals surface area contributed by atoms with Gasteiger partial charge in [0.25, 0.3) is 0 Å². The van der Waals surface area contributed by atoms with Crippen LogP contribution in [0.5, 0.6) is 0 Å².